The summed E-state index contributed by atoms with van der Waals surface area (Å²) in [4.78, 5) is 20.0. The fraction of sp³-hybridized carbons (Fsp3) is 0.360. The number of nitrogens with zero attached hydrogens (tertiary/aromatic N) is 4. The highest BCUT2D eigenvalue weighted by Crippen LogP contribution is 2.39. The lowest BCUT2D eigenvalue weighted by Gasteiger charge is -2.09. The van der Waals surface area contributed by atoms with E-state index in [1.165, 1.54) is 11.3 Å². The molecule has 0 amide bonds. The number of hydrogen-bond donors (Lipinski definition) is 1. The first kappa shape index (κ1) is 22.4. The highest BCUT2D eigenvalue weighted by atomic mass is 35.5. The molecule has 0 fully saturated rings. The highest BCUT2D eigenvalue weighted by molar-refractivity contribution is 6.32. The number of rotatable bonds is 8. The average Bonchev–Trinajstić information content (AvgIpc) is 3.52. The highest BCUT2D eigenvalue weighted by Gasteiger charge is 2.25. The van der Waals surface area contributed by atoms with Gasteiger partial charge >= 0.3 is 5.97 Å². The van der Waals surface area contributed by atoms with E-state index >= 15 is 0 Å². The van der Waals surface area contributed by atoms with Gasteiger partial charge in [-0.15, -0.1) is 0 Å². The summed E-state index contributed by atoms with van der Waals surface area (Å²) in [6.45, 7) is 4.49. The molecule has 8 nitrogen and oxygen atoms in total. The van der Waals surface area contributed by atoms with Crippen LogP contribution in [0.3, 0.4) is 0 Å². The number of carbonyl (C=O) groups is 1. The fourth-order valence-corrected chi connectivity index (χ4v) is 4.87. The van der Waals surface area contributed by atoms with Crippen molar-refractivity contribution >= 4 is 28.5 Å². The minimum absolute atomic E-state index is 0.0375. The van der Waals surface area contributed by atoms with Gasteiger partial charge in [0.05, 0.1) is 11.7 Å². The first-order valence-electron chi connectivity index (χ1n) is 11.4. The van der Waals surface area contributed by atoms with Crippen LogP contribution in [0.15, 0.2) is 35.0 Å². The summed E-state index contributed by atoms with van der Waals surface area (Å²) in [5.74, 6) is 0.419. The van der Waals surface area contributed by atoms with Gasteiger partial charge in [0.15, 0.2) is 0 Å². The number of aryl methyl sites for hydroxylation is 2. The SMILES string of the molecule is CC(C)Oc1ncc(-c2nc(-c3cccc4c3c3c(n4CCCC(=O)O)CCC3)no2)cc1Cl. The smallest absolute Gasteiger partial charge is 0.303 e. The maximum atomic E-state index is 11.0. The quantitative estimate of drug-likeness (QED) is 0.352. The Bertz CT molecular complexity index is 1380. The molecule has 0 atom stereocenters. The third-order valence-electron chi connectivity index (χ3n) is 5.99. The van der Waals surface area contributed by atoms with Gasteiger partial charge < -0.3 is 18.9 Å². The maximum absolute atomic E-state index is 11.0. The van der Waals surface area contributed by atoms with Crippen LogP contribution in [0, 0.1) is 0 Å². The van der Waals surface area contributed by atoms with Crippen molar-refractivity contribution in [3.8, 4) is 28.7 Å². The molecule has 0 saturated carbocycles. The summed E-state index contributed by atoms with van der Waals surface area (Å²) in [5, 5.41) is 14.8. The Kier molecular flexibility index (Phi) is 6.00. The topological polar surface area (TPSA) is 103 Å². The molecule has 0 saturated heterocycles. The molecule has 1 aliphatic rings. The van der Waals surface area contributed by atoms with Gasteiger partial charge in [0.2, 0.25) is 11.7 Å². The fourth-order valence-electron chi connectivity index (χ4n) is 4.66. The van der Waals surface area contributed by atoms with E-state index < -0.39 is 5.97 Å². The second-order valence-corrected chi connectivity index (χ2v) is 9.14. The van der Waals surface area contributed by atoms with Crippen molar-refractivity contribution in [1.29, 1.82) is 0 Å². The molecule has 3 aromatic heterocycles. The lowest BCUT2D eigenvalue weighted by atomic mass is 10.0. The van der Waals surface area contributed by atoms with Crippen molar-refractivity contribution in [1.82, 2.24) is 19.7 Å². The van der Waals surface area contributed by atoms with Crippen LogP contribution in [0.4, 0.5) is 0 Å². The minimum atomic E-state index is -0.772. The van der Waals surface area contributed by atoms with Gasteiger partial charge in [-0.25, -0.2) is 4.98 Å². The van der Waals surface area contributed by atoms with Crippen molar-refractivity contribution in [3.63, 3.8) is 0 Å². The second-order valence-electron chi connectivity index (χ2n) is 8.73. The number of carboxylic acid groups (broad SMARTS) is 1. The summed E-state index contributed by atoms with van der Waals surface area (Å²) in [7, 11) is 0. The standard InChI is InChI=1S/C25H25ClN4O4/c1-14(2)33-25-18(26)12-15(13-27-25)24-28-23(29-34-24)17-7-4-9-20-22(17)16-6-3-8-19(16)30(20)11-5-10-21(31)32/h4,7,9,12-14H,3,5-6,8,10-11H2,1-2H3,(H,31,32). The molecule has 0 spiro atoms. The van der Waals surface area contributed by atoms with Gasteiger partial charge in [-0.1, -0.05) is 28.9 Å². The predicted octanol–water partition coefficient (Wildman–Crippen LogP) is 5.55. The van der Waals surface area contributed by atoms with E-state index in [0.29, 0.717) is 41.1 Å². The molecule has 34 heavy (non-hydrogen) atoms. The van der Waals surface area contributed by atoms with Crippen LogP contribution < -0.4 is 4.74 Å². The number of aromatic nitrogens is 4. The Morgan fingerprint density at radius 3 is 2.94 bits per heavy atom. The molecule has 0 unspecified atom stereocenters. The number of carboxylic acids is 1. The Labute approximate surface area is 201 Å². The van der Waals surface area contributed by atoms with Gasteiger partial charge in [0.25, 0.3) is 5.89 Å². The number of fused-ring (bicyclic) bond motifs is 3. The molecule has 0 radical (unpaired) electrons. The van der Waals surface area contributed by atoms with Crippen LogP contribution in [0.25, 0.3) is 33.7 Å². The Balaban J connectivity index is 1.52. The van der Waals surface area contributed by atoms with E-state index in [9.17, 15) is 4.79 Å². The van der Waals surface area contributed by atoms with Crippen LogP contribution in [0.2, 0.25) is 5.02 Å². The van der Waals surface area contributed by atoms with Gasteiger partial charge in [0.1, 0.15) is 5.02 Å². The number of pyridine rings is 1. The molecule has 4 aromatic rings. The van der Waals surface area contributed by atoms with Crippen LogP contribution in [0.5, 0.6) is 5.88 Å². The van der Waals surface area contributed by atoms with Crippen LogP contribution in [-0.4, -0.2) is 36.9 Å². The monoisotopic (exact) mass is 480 g/mol. The number of benzene rings is 1. The number of ether oxygens (including phenoxy) is 1. The predicted molar refractivity (Wildman–Crippen MR) is 128 cm³/mol. The molecule has 176 valence electrons. The second kappa shape index (κ2) is 9.10. The van der Waals surface area contributed by atoms with E-state index in [2.05, 4.69) is 25.8 Å². The third kappa shape index (κ3) is 4.14. The van der Waals surface area contributed by atoms with E-state index in [-0.39, 0.29) is 12.5 Å². The van der Waals surface area contributed by atoms with Crippen molar-refractivity contribution in [3.05, 3.63) is 46.7 Å². The lowest BCUT2D eigenvalue weighted by Crippen LogP contribution is -2.07. The largest absolute Gasteiger partial charge is 0.481 e. The van der Waals surface area contributed by atoms with E-state index in [0.717, 1.165) is 35.7 Å². The Morgan fingerprint density at radius 2 is 2.18 bits per heavy atom. The van der Waals surface area contributed by atoms with Crippen molar-refractivity contribution in [2.24, 2.45) is 0 Å². The molecular weight excluding hydrogens is 456 g/mol. The summed E-state index contributed by atoms with van der Waals surface area (Å²) in [5.41, 5.74) is 5.18. The first-order chi connectivity index (χ1) is 16.4. The number of aliphatic carboxylic acids is 1. The van der Waals surface area contributed by atoms with Crippen molar-refractivity contribution in [2.75, 3.05) is 0 Å². The van der Waals surface area contributed by atoms with E-state index in [1.807, 2.05) is 26.0 Å². The third-order valence-corrected chi connectivity index (χ3v) is 6.26. The van der Waals surface area contributed by atoms with Gasteiger partial charge in [-0.3, -0.25) is 4.79 Å². The molecule has 0 bridgehead atoms. The Morgan fingerprint density at radius 1 is 1.32 bits per heavy atom. The van der Waals surface area contributed by atoms with Gasteiger partial charge in [-0.2, -0.15) is 4.98 Å². The zero-order valence-corrected chi connectivity index (χ0v) is 19.8. The maximum Gasteiger partial charge on any atom is 0.303 e. The molecule has 1 aliphatic carbocycles. The van der Waals surface area contributed by atoms with Crippen LogP contribution in [-0.2, 0) is 24.2 Å². The Hall–Kier alpha value is -3.39. The molecule has 1 N–H and O–H groups in total. The van der Waals surface area contributed by atoms with E-state index in [1.54, 1.807) is 12.3 Å². The van der Waals surface area contributed by atoms with Crippen molar-refractivity contribution < 1.29 is 19.2 Å². The van der Waals surface area contributed by atoms with E-state index in [4.69, 9.17) is 26.0 Å². The molecule has 3 heterocycles. The summed E-state index contributed by atoms with van der Waals surface area (Å²) >= 11 is 6.34. The molecular formula is C25H25ClN4O4. The lowest BCUT2D eigenvalue weighted by molar-refractivity contribution is -0.137. The molecule has 0 aliphatic heterocycles. The first-order valence-corrected chi connectivity index (χ1v) is 11.8. The normalized spacial score (nSPS) is 13.1. The average molecular weight is 481 g/mol. The minimum Gasteiger partial charge on any atom is -0.481 e. The van der Waals surface area contributed by atoms with Crippen LogP contribution in [0.1, 0.15) is 44.4 Å². The number of hydrogen-bond acceptors (Lipinski definition) is 6. The van der Waals surface area contributed by atoms with Gasteiger partial charge in [0, 0.05) is 41.3 Å². The zero-order chi connectivity index (χ0) is 23.8. The van der Waals surface area contributed by atoms with Gasteiger partial charge in [-0.05, 0) is 57.2 Å². The summed E-state index contributed by atoms with van der Waals surface area (Å²) in [6, 6.07) is 7.77. The van der Waals surface area contributed by atoms with Crippen molar-refractivity contribution in [2.45, 2.75) is 58.6 Å². The molecule has 9 heteroatoms. The van der Waals surface area contributed by atoms with Crippen LogP contribution >= 0.6 is 11.6 Å². The molecule has 5 rings (SSSR count). The summed E-state index contributed by atoms with van der Waals surface area (Å²) < 4.78 is 13.4. The molecule has 1 aromatic carbocycles. The number of halogens is 1. The summed E-state index contributed by atoms with van der Waals surface area (Å²) in [6.07, 6.45) is 5.37. The zero-order valence-electron chi connectivity index (χ0n) is 19.0.